The number of piperidine rings is 1. The lowest BCUT2D eigenvalue weighted by atomic mass is 10.0. The first-order chi connectivity index (χ1) is 10.1. The average molecular weight is 324 g/mol. The van der Waals surface area contributed by atoms with E-state index in [0.29, 0.717) is 0 Å². The standard InChI is InChI=1S/C16H21N3O2.ClH/c1-11(20)19-8-5-14(6-9-19)18-16(21)13-2-3-15-12(10-13)4-7-17-15;/h2-3,10,14,17H,4-9H2,1H3,(H,18,21);1H. The number of benzene rings is 1. The molecule has 0 aromatic heterocycles. The third-order valence-electron chi connectivity index (χ3n) is 4.35. The summed E-state index contributed by atoms with van der Waals surface area (Å²) in [6.07, 6.45) is 2.64. The van der Waals surface area contributed by atoms with E-state index in [1.165, 1.54) is 5.56 Å². The van der Waals surface area contributed by atoms with Gasteiger partial charge in [-0.05, 0) is 43.0 Å². The molecule has 0 radical (unpaired) electrons. The lowest BCUT2D eigenvalue weighted by Crippen LogP contribution is -2.46. The molecule has 0 saturated carbocycles. The van der Waals surface area contributed by atoms with Crippen LogP contribution in [0.15, 0.2) is 18.2 Å². The Labute approximate surface area is 136 Å². The van der Waals surface area contributed by atoms with Gasteiger partial charge in [-0.3, -0.25) is 9.59 Å². The fourth-order valence-corrected chi connectivity index (χ4v) is 3.05. The highest BCUT2D eigenvalue weighted by molar-refractivity contribution is 5.95. The zero-order valence-corrected chi connectivity index (χ0v) is 13.5. The number of nitrogens with one attached hydrogen (secondary N) is 2. The Kier molecular flexibility index (Phi) is 5.29. The number of nitrogens with zero attached hydrogens (tertiary/aromatic N) is 1. The summed E-state index contributed by atoms with van der Waals surface area (Å²) in [6, 6.07) is 6.00. The molecule has 1 aromatic carbocycles. The summed E-state index contributed by atoms with van der Waals surface area (Å²) in [5.74, 6) is 0.108. The van der Waals surface area contributed by atoms with E-state index in [1.807, 2.05) is 23.1 Å². The summed E-state index contributed by atoms with van der Waals surface area (Å²) >= 11 is 0. The predicted molar refractivity (Wildman–Crippen MR) is 88.6 cm³/mol. The molecule has 2 heterocycles. The second-order valence-corrected chi connectivity index (χ2v) is 5.80. The highest BCUT2D eigenvalue weighted by atomic mass is 35.5. The van der Waals surface area contributed by atoms with E-state index >= 15 is 0 Å². The first kappa shape index (κ1) is 16.6. The van der Waals surface area contributed by atoms with E-state index in [2.05, 4.69) is 10.6 Å². The topological polar surface area (TPSA) is 61.4 Å². The van der Waals surface area contributed by atoms with Crippen LogP contribution in [-0.2, 0) is 11.2 Å². The van der Waals surface area contributed by atoms with Crippen LogP contribution >= 0.6 is 12.4 Å². The van der Waals surface area contributed by atoms with Crippen LogP contribution in [0, 0.1) is 0 Å². The number of amides is 2. The van der Waals surface area contributed by atoms with Gasteiger partial charge in [0, 0.05) is 43.9 Å². The van der Waals surface area contributed by atoms with Crippen molar-refractivity contribution in [2.75, 3.05) is 25.0 Å². The van der Waals surface area contributed by atoms with Crippen molar-refractivity contribution in [1.29, 1.82) is 0 Å². The molecule has 0 unspecified atom stereocenters. The molecule has 6 heteroatoms. The first-order valence-corrected chi connectivity index (χ1v) is 7.56. The lowest BCUT2D eigenvalue weighted by Gasteiger charge is -2.31. The number of likely N-dealkylation sites (tertiary alicyclic amines) is 1. The summed E-state index contributed by atoms with van der Waals surface area (Å²) < 4.78 is 0. The second kappa shape index (κ2) is 7.01. The van der Waals surface area contributed by atoms with E-state index in [9.17, 15) is 9.59 Å². The summed E-state index contributed by atoms with van der Waals surface area (Å²) in [5, 5.41) is 6.38. The predicted octanol–water partition coefficient (Wildman–Crippen LogP) is 1.82. The van der Waals surface area contributed by atoms with Gasteiger partial charge in [0.1, 0.15) is 0 Å². The lowest BCUT2D eigenvalue weighted by molar-refractivity contribution is -0.129. The van der Waals surface area contributed by atoms with Crippen molar-refractivity contribution in [3.63, 3.8) is 0 Å². The minimum Gasteiger partial charge on any atom is -0.384 e. The van der Waals surface area contributed by atoms with Crippen molar-refractivity contribution in [1.82, 2.24) is 10.2 Å². The monoisotopic (exact) mass is 323 g/mol. The van der Waals surface area contributed by atoms with Crippen LogP contribution in [-0.4, -0.2) is 42.4 Å². The van der Waals surface area contributed by atoms with E-state index < -0.39 is 0 Å². The van der Waals surface area contributed by atoms with Crippen molar-refractivity contribution >= 4 is 29.9 Å². The van der Waals surface area contributed by atoms with Crippen LogP contribution in [0.2, 0.25) is 0 Å². The second-order valence-electron chi connectivity index (χ2n) is 5.80. The van der Waals surface area contributed by atoms with Crippen LogP contribution < -0.4 is 10.6 Å². The Hall–Kier alpha value is -1.75. The minimum absolute atomic E-state index is 0. The fourth-order valence-electron chi connectivity index (χ4n) is 3.05. The summed E-state index contributed by atoms with van der Waals surface area (Å²) in [6.45, 7) is 4.00. The van der Waals surface area contributed by atoms with Crippen molar-refractivity contribution < 1.29 is 9.59 Å². The molecule has 1 saturated heterocycles. The number of anilines is 1. The molecule has 0 atom stereocenters. The SMILES string of the molecule is CC(=O)N1CCC(NC(=O)c2ccc3c(c2)CCN3)CC1.Cl. The van der Waals surface area contributed by atoms with Crippen molar-refractivity contribution in [3.05, 3.63) is 29.3 Å². The van der Waals surface area contributed by atoms with Gasteiger partial charge in [0.25, 0.3) is 5.91 Å². The van der Waals surface area contributed by atoms with E-state index in [1.54, 1.807) is 6.92 Å². The van der Waals surface area contributed by atoms with Gasteiger partial charge in [0.15, 0.2) is 0 Å². The quantitative estimate of drug-likeness (QED) is 0.872. The number of rotatable bonds is 2. The van der Waals surface area contributed by atoms with Gasteiger partial charge in [-0.25, -0.2) is 0 Å². The zero-order chi connectivity index (χ0) is 14.8. The van der Waals surface area contributed by atoms with Crippen LogP contribution in [0.5, 0.6) is 0 Å². The number of fused-ring (bicyclic) bond motifs is 1. The Balaban J connectivity index is 0.00000176. The van der Waals surface area contributed by atoms with Crippen LogP contribution in [0.4, 0.5) is 5.69 Å². The van der Waals surface area contributed by atoms with Gasteiger partial charge >= 0.3 is 0 Å². The maximum Gasteiger partial charge on any atom is 0.251 e. The van der Waals surface area contributed by atoms with Gasteiger partial charge in [0.2, 0.25) is 5.91 Å². The molecule has 22 heavy (non-hydrogen) atoms. The molecule has 2 aliphatic heterocycles. The molecule has 2 N–H and O–H groups in total. The Morgan fingerprint density at radius 3 is 2.68 bits per heavy atom. The smallest absolute Gasteiger partial charge is 0.251 e. The molecular formula is C16H22ClN3O2. The Bertz CT molecular complexity index is 569. The molecule has 0 aliphatic carbocycles. The molecule has 2 amide bonds. The highest BCUT2D eigenvalue weighted by Crippen LogP contribution is 2.23. The van der Waals surface area contributed by atoms with Crippen molar-refractivity contribution in [2.24, 2.45) is 0 Å². The normalized spacial score (nSPS) is 17.2. The molecule has 3 rings (SSSR count). The molecule has 5 nitrogen and oxygen atoms in total. The fraction of sp³-hybridized carbons (Fsp3) is 0.500. The third-order valence-corrected chi connectivity index (χ3v) is 4.35. The van der Waals surface area contributed by atoms with Crippen molar-refractivity contribution in [3.8, 4) is 0 Å². The largest absolute Gasteiger partial charge is 0.384 e. The van der Waals surface area contributed by atoms with Gasteiger partial charge in [-0.1, -0.05) is 0 Å². The van der Waals surface area contributed by atoms with Gasteiger partial charge < -0.3 is 15.5 Å². The summed E-state index contributed by atoms with van der Waals surface area (Å²) in [7, 11) is 0. The molecule has 0 bridgehead atoms. The maximum absolute atomic E-state index is 12.3. The molecule has 1 fully saturated rings. The van der Waals surface area contributed by atoms with Crippen LogP contribution in [0.25, 0.3) is 0 Å². The number of hydrogen-bond donors (Lipinski definition) is 2. The Morgan fingerprint density at radius 2 is 2.00 bits per heavy atom. The number of hydrogen-bond acceptors (Lipinski definition) is 3. The van der Waals surface area contributed by atoms with Crippen LogP contribution in [0.1, 0.15) is 35.7 Å². The third kappa shape index (κ3) is 3.53. The zero-order valence-electron chi connectivity index (χ0n) is 12.7. The summed E-state index contributed by atoms with van der Waals surface area (Å²) in [5.41, 5.74) is 3.09. The van der Waals surface area contributed by atoms with E-state index in [-0.39, 0.29) is 30.3 Å². The van der Waals surface area contributed by atoms with Gasteiger partial charge in [0.05, 0.1) is 0 Å². The highest BCUT2D eigenvalue weighted by Gasteiger charge is 2.22. The van der Waals surface area contributed by atoms with E-state index in [4.69, 9.17) is 0 Å². The minimum atomic E-state index is -0.00836. The van der Waals surface area contributed by atoms with Gasteiger partial charge in [-0.15, -0.1) is 12.4 Å². The van der Waals surface area contributed by atoms with Crippen LogP contribution in [0.3, 0.4) is 0 Å². The maximum atomic E-state index is 12.3. The van der Waals surface area contributed by atoms with Gasteiger partial charge in [-0.2, -0.15) is 0 Å². The molecule has 1 aromatic rings. The van der Waals surface area contributed by atoms with Crippen molar-refractivity contribution in [2.45, 2.75) is 32.2 Å². The molecular weight excluding hydrogens is 302 g/mol. The van der Waals surface area contributed by atoms with E-state index in [0.717, 1.165) is 50.1 Å². The number of carbonyl (C=O) groups excluding carboxylic acids is 2. The molecule has 2 aliphatic rings. The summed E-state index contributed by atoms with van der Waals surface area (Å²) in [4.78, 5) is 25.4. The number of halogens is 1. The average Bonchev–Trinajstić information content (AvgIpc) is 2.95. The first-order valence-electron chi connectivity index (χ1n) is 7.56. The number of carbonyl (C=O) groups is 2. The molecule has 120 valence electrons. The Morgan fingerprint density at radius 1 is 1.27 bits per heavy atom. The molecule has 0 spiro atoms.